The summed E-state index contributed by atoms with van der Waals surface area (Å²) in [6, 6.07) is 4.67. The van der Waals surface area contributed by atoms with E-state index in [1.807, 2.05) is 0 Å². The van der Waals surface area contributed by atoms with Crippen LogP contribution in [0.1, 0.15) is 45.6 Å². The minimum absolute atomic E-state index is 0.0676. The zero-order chi connectivity index (χ0) is 17.3. The second-order valence-corrected chi connectivity index (χ2v) is 8.20. The van der Waals surface area contributed by atoms with Crippen LogP contribution in [-0.2, 0) is 19.0 Å². The van der Waals surface area contributed by atoms with E-state index < -0.39 is 21.8 Å². The molecule has 6 nitrogen and oxygen atoms in total. The first-order chi connectivity index (χ1) is 10.6. The minimum Gasteiger partial charge on any atom is -0.444 e. The molecule has 1 fully saturated rings. The number of carbonyl (C=O) groups is 1. The van der Waals surface area contributed by atoms with Gasteiger partial charge in [-0.2, -0.15) is 8.42 Å². The van der Waals surface area contributed by atoms with Crippen LogP contribution in [0.25, 0.3) is 0 Å². The van der Waals surface area contributed by atoms with E-state index in [1.165, 1.54) is 6.07 Å². The normalized spacial score (nSPS) is 15.8. The summed E-state index contributed by atoms with van der Waals surface area (Å²) >= 11 is 0. The first kappa shape index (κ1) is 17.7. The molecule has 1 amide bonds. The van der Waals surface area contributed by atoms with Gasteiger partial charge in [0.1, 0.15) is 5.60 Å². The maximum Gasteiger partial charge on any atom is 0.412 e. The fraction of sp³-hybridized carbons (Fsp3) is 0.562. The zero-order valence-corrected chi connectivity index (χ0v) is 14.7. The molecule has 7 heteroatoms. The number of benzene rings is 1. The number of carbonyl (C=O) groups excluding carboxylic acids is 1. The molecule has 23 heavy (non-hydrogen) atoms. The number of nitrogens with one attached hydrogen (secondary N) is 1. The molecule has 0 aliphatic heterocycles. The van der Waals surface area contributed by atoms with Crippen LogP contribution in [0.5, 0.6) is 0 Å². The second kappa shape index (κ2) is 6.49. The molecule has 0 bridgehead atoms. The number of amides is 1. The first-order valence-corrected chi connectivity index (χ1v) is 9.02. The van der Waals surface area contributed by atoms with Crippen molar-refractivity contribution in [1.29, 1.82) is 0 Å². The van der Waals surface area contributed by atoms with Crippen molar-refractivity contribution in [2.45, 2.75) is 63.6 Å². The lowest BCUT2D eigenvalue weighted by Crippen LogP contribution is -2.28. The average molecular weight is 341 g/mol. The predicted octanol–water partition coefficient (Wildman–Crippen LogP) is 3.60. The highest BCUT2D eigenvalue weighted by atomic mass is 32.2. The molecule has 2 rings (SSSR count). The van der Waals surface area contributed by atoms with Crippen LogP contribution in [0.15, 0.2) is 23.1 Å². The van der Waals surface area contributed by atoms with Gasteiger partial charge in [0.05, 0.1) is 11.0 Å². The van der Waals surface area contributed by atoms with Crippen LogP contribution in [-0.4, -0.2) is 26.2 Å². The highest BCUT2D eigenvalue weighted by Crippen LogP contribution is 2.30. The van der Waals surface area contributed by atoms with Gasteiger partial charge in [-0.25, -0.2) is 4.79 Å². The quantitative estimate of drug-likeness (QED) is 0.846. The Kier molecular flexibility index (Phi) is 5.01. The maximum atomic E-state index is 12.4. The smallest absolute Gasteiger partial charge is 0.412 e. The fourth-order valence-corrected chi connectivity index (χ4v) is 3.52. The molecule has 0 atom stereocenters. The predicted molar refractivity (Wildman–Crippen MR) is 86.9 cm³/mol. The number of rotatable bonds is 4. The van der Waals surface area contributed by atoms with Crippen molar-refractivity contribution < 1.29 is 22.1 Å². The summed E-state index contributed by atoms with van der Waals surface area (Å²) in [5, 5.41) is 2.58. The van der Waals surface area contributed by atoms with Gasteiger partial charge < -0.3 is 4.74 Å². The number of anilines is 1. The Morgan fingerprint density at radius 3 is 2.43 bits per heavy atom. The summed E-state index contributed by atoms with van der Waals surface area (Å²) < 4.78 is 35.1. The highest BCUT2D eigenvalue weighted by Gasteiger charge is 2.28. The molecule has 0 spiro atoms. The Morgan fingerprint density at radius 1 is 1.26 bits per heavy atom. The third-order valence-corrected chi connectivity index (χ3v) is 5.01. The minimum atomic E-state index is -3.84. The summed E-state index contributed by atoms with van der Waals surface area (Å²) in [4.78, 5) is 11.9. The van der Waals surface area contributed by atoms with Crippen molar-refractivity contribution in [3.63, 3.8) is 0 Å². The number of hydrogen-bond donors (Lipinski definition) is 1. The van der Waals surface area contributed by atoms with Gasteiger partial charge in [0.15, 0.2) is 0 Å². The molecule has 128 valence electrons. The van der Waals surface area contributed by atoms with E-state index in [9.17, 15) is 13.2 Å². The van der Waals surface area contributed by atoms with E-state index in [4.69, 9.17) is 8.92 Å². The molecule has 1 aliphatic rings. The third-order valence-electron chi connectivity index (χ3n) is 3.50. The van der Waals surface area contributed by atoms with Crippen LogP contribution in [0.2, 0.25) is 0 Å². The first-order valence-electron chi connectivity index (χ1n) is 7.61. The largest absolute Gasteiger partial charge is 0.444 e. The maximum absolute atomic E-state index is 12.4. The monoisotopic (exact) mass is 341 g/mol. The Balaban J connectivity index is 2.19. The number of ether oxygens (including phenoxy) is 1. The van der Waals surface area contributed by atoms with Crippen LogP contribution >= 0.6 is 0 Å². The van der Waals surface area contributed by atoms with E-state index in [-0.39, 0.29) is 11.0 Å². The van der Waals surface area contributed by atoms with Gasteiger partial charge in [-0.3, -0.25) is 9.50 Å². The van der Waals surface area contributed by atoms with Gasteiger partial charge in [0.2, 0.25) is 0 Å². The van der Waals surface area contributed by atoms with Gasteiger partial charge in [0.25, 0.3) is 10.1 Å². The molecule has 0 radical (unpaired) electrons. The molecule has 0 unspecified atom stereocenters. The van der Waals surface area contributed by atoms with E-state index in [1.54, 1.807) is 39.8 Å². The van der Waals surface area contributed by atoms with E-state index in [0.717, 1.165) is 19.3 Å². The second-order valence-electron chi connectivity index (χ2n) is 6.66. The summed E-state index contributed by atoms with van der Waals surface area (Å²) in [6.45, 7) is 6.90. The summed E-state index contributed by atoms with van der Waals surface area (Å²) in [7, 11) is -3.84. The summed E-state index contributed by atoms with van der Waals surface area (Å²) in [5.41, 5.74) is 0.185. The van der Waals surface area contributed by atoms with Gasteiger partial charge in [-0.15, -0.1) is 0 Å². The Morgan fingerprint density at radius 2 is 1.91 bits per heavy atom. The lowest BCUT2D eigenvalue weighted by Gasteiger charge is -2.25. The molecule has 1 aliphatic carbocycles. The average Bonchev–Trinajstić information content (AvgIpc) is 2.34. The van der Waals surface area contributed by atoms with Crippen molar-refractivity contribution >= 4 is 21.9 Å². The molecular weight excluding hydrogens is 318 g/mol. The van der Waals surface area contributed by atoms with Crippen molar-refractivity contribution in [2.75, 3.05) is 5.32 Å². The van der Waals surface area contributed by atoms with Gasteiger partial charge in [-0.05, 0) is 64.7 Å². The lowest BCUT2D eigenvalue weighted by atomic mass is 9.97. The van der Waals surface area contributed by atoms with E-state index in [2.05, 4.69) is 5.32 Å². The van der Waals surface area contributed by atoms with Crippen LogP contribution in [0, 0.1) is 6.92 Å². The molecule has 1 N–H and O–H groups in total. The van der Waals surface area contributed by atoms with Crippen LogP contribution < -0.4 is 5.32 Å². The summed E-state index contributed by atoms with van der Waals surface area (Å²) in [5.74, 6) is 0. The Bertz CT molecular complexity index is 687. The van der Waals surface area contributed by atoms with Crippen molar-refractivity contribution in [3.8, 4) is 0 Å². The lowest BCUT2D eigenvalue weighted by molar-refractivity contribution is 0.0635. The molecule has 1 aromatic rings. The van der Waals surface area contributed by atoms with Crippen molar-refractivity contribution in [2.24, 2.45) is 0 Å². The van der Waals surface area contributed by atoms with Gasteiger partial charge >= 0.3 is 6.09 Å². The third kappa shape index (κ3) is 4.68. The molecule has 0 heterocycles. The van der Waals surface area contributed by atoms with Crippen molar-refractivity contribution in [1.82, 2.24) is 0 Å². The molecule has 0 aromatic heterocycles. The molecular formula is C16H23NO5S. The molecule has 1 saturated carbocycles. The van der Waals surface area contributed by atoms with Crippen LogP contribution in [0.4, 0.5) is 10.5 Å². The highest BCUT2D eigenvalue weighted by molar-refractivity contribution is 7.86. The summed E-state index contributed by atoms with van der Waals surface area (Å²) in [6.07, 6.45) is 1.64. The van der Waals surface area contributed by atoms with Gasteiger partial charge in [0, 0.05) is 5.69 Å². The fourth-order valence-electron chi connectivity index (χ4n) is 2.13. The van der Waals surface area contributed by atoms with E-state index in [0.29, 0.717) is 11.3 Å². The molecule has 0 saturated heterocycles. The Hall–Kier alpha value is -1.60. The Labute approximate surface area is 137 Å². The van der Waals surface area contributed by atoms with Crippen molar-refractivity contribution in [3.05, 3.63) is 23.8 Å². The SMILES string of the molecule is Cc1c(NC(=O)OC(C)(C)C)cccc1S(=O)(=O)OC1CCC1. The van der Waals surface area contributed by atoms with E-state index >= 15 is 0 Å². The topological polar surface area (TPSA) is 81.7 Å². The standard InChI is InChI=1S/C16H23NO5S/c1-11-13(17-15(18)21-16(2,3)4)9-6-10-14(11)23(19,20)22-12-7-5-8-12/h6,9-10,12H,5,7-8H2,1-4H3,(H,17,18). The number of hydrogen-bond acceptors (Lipinski definition) is 5. The molecule has 1 aromatic carbocycles. The van der Waals surface area contributed by atoms with Crippen LogP contribution in [0.3, 0.4) is 0 Å². The van der Waals surface area contributed by atoms with Gasteiger partial charge in [-0.1, -0.05) is 6.07 Å². The zero-order valence-electron chi connectivity index (χ0n) is 13.9.